The molecule has 1 heterocycles. The number of benzene rings is 2. The molecule has 1 aromatic heterocycles. The van der Waals surface area contributed by atoms with Crippen molar-refractivity contribution >= 4 is 41.0 Å². The molecular formula is C23H21ClN2O5S. The van der Waals surface area contributed by atoms with Crippen molar-refractivity contribution in [1.82, 2.24) is 5.43 Å². The van der Waals surface area contributed by atoms with Crippen LogP contribution in [0.3, 0.4) is 0 Å². The van der Waals surface area contributed by atoms with Gasteiger partial charge in [0.05, 0.1) is 12.8 Å². The monoisotopic (exact) mass is 472 g/mol. The second kappa shape index (κ2) is 11.3. The number of hydrogen-bond acceptors (Lipinski definition) is 7. The Kier molecular flexibility index (Phi) is 8.24. The molecular weight excluding hydrogens is 452 g/mol. The minimum Gasteiger partial charge on any atom is -0.490 e. The Morgan fingerprint density at radius 2 is 1.97 bits per heavy atom. The zero-order valence-corrected chi connectivity index (χ0v) is 19.0. The molecule has 0 saturated heterocycles. The van der Waals surface area contributed by atoms with Crippen molar-refractivity contribution in [1.29, 1.82) is 0 Å². The number of nitrogens with zero attached hydrogens (tertiary/aromatic N) is 1. The topological polar surface area (TPSA) is 86.2 Å². The lowest BCUT2D eigenvalue weighted by atomic mass is 10.2. The average molecular weight is 473 g/mol. The highest BCUT2D eigenvalue weighted by atomic mass is 35.5. The largest absolute Gasteiger partial charge is 0.490 e. The van der Waals surface area contributed by atoms with Crippen molar-refractivity contribution in [3.8, 4) is 17.2 Å². The fourth-order valence-electron chi connectivity index (χ4n) is 2.57. The van der Waals surface area contributed by atoms with Crippen molar-refractivity contribution in [3.05, 3.63) is 74.9 Å². The number of nitrogens with one attached hydrogen (secondary N) is 1. The molecule has 7 nitrogen and oxygen atoms in total. The second-order valence-corrected chi connectivity index (χ2v) is 7.85. The van der Waals surface area contributed by atoms with Crippen LogP contribution in [0, 0.1) is 6.92 Å². The molecule has 0 aliphatic heterocycles. The molecule has 0 aliphatic rings. The lowest BCUT2D eigenvalue weighted by molar-refractivity contribution is -0.123. The van der Waals surface area contributed by atoms with Crippen LogP contribution in [0.25, 0.3) is 0 Å². The summed E-state index contributed by atoms with van der Waals surface area (Å²) in [6.07, 6.45) is 1.46. The molecule has 32 heavy (non-hydrogen) atoms. The van der Waals surface area contributed by atoms with Crippen LogP contribution in [0.15, 0.2) is 59.0 Å². The molecule has 0 aliphatic carbocycles. The van der Waals surface area contributed by atoms with Crippen molar-refractivity contribution < 1.29 is 23.8 Å². The van der Waals surface area contributed by atoms with E-state index in [0.717, 1.165) is 5.56 Å². The summed E-state index contributed by atoms with van der Waals surface area (Å²) in [7, 11) is 0. The van der Waals surface area contributed by atoms with Crippen LogP contribution in [-0.4, -0.2) is 31.3 Å². The van der Waals surface area contributed by atoms with Gasteiger partial charge in [0.25, 0.3) is 5.91 Å². The predicted molar refractivity (Wildman–Crippen MR) is 124 cm³/mol. The SMILES string of the molecule is CCOc1cc(/C=N/NC(=O)COc2ccc(Cl)c(C)c2)ccc1OC(=O)c1cccs1. The number of amides is 1. The Labute approximate surface area is 194 Å². The summed E-state index contributed by atoms with van der Waals surface area (Å²) in [4.78, 5) is 24.7. The summed E-state index contributed by atoms with van der Waals surface area (Å²) >= 11 is 7.27. The van der Waals surface area contributed by atoms with Crippen molar-refractivity contribution in [2.75, 3.05) is 13.2 Å². The van der Waals surface area contributed by atoms with E-state index < -0.39 is 11.9 Å². The van der Waals surface area contributed by atoms with Gasteiger partial charge in [0, 0.05) is 5.02 Å². The zero-order chi connectivity index (χ0) is 22.9. The number of aryl methyl sites for hydroxylation is 1. The Balaban J connectivity index is 1.57. The third kappa shape index (κ3) is 6.57. The quantitative estimate of drug-likeness (QED) is 0.208. The standard InChI is InChI=1S/C23H21ClN2O5S/c1-3-29-20-12-16(6-9-19(20)31-23(28)21-5-4-10-32-21)13-25-26-22(27)14-30-17-7-8-18(24)15(2)11-17/h4-13H,3,14H2,1-2H3,(H,26,27)/b25-13+. The number of carbonyl (C=O) groups excluding carboxylic acids is 2. The Bertz CT molecular complexity index is 1120. The van der Waals surface area contributed by atoms with E-state index in [1.807, 2.05) is 13.8 Å². The van der Waals surface area contributed by atoms with Gasteiger partial charge < -0.3 is 14.2 Å². The highest BCUT2D eigenvalue weighted by Crippen LogP contribution is 2.29. The van der Waals surface area contributed by atoms with E-state index in [9.17, 15) is 9.59 Å². The maximum Gasteiger partial charge on any atom is 0.353 e. The first-order chi connectivity index (χ1) is 15.5. The van der Waals surface area contributed by atoms with E-state index in [2.05, 4.69) is 10.5 Å². The highest BCUT2D eigenvalue weighted by molar-refractivity contribution is 7.12. The summed E-state index contributed by atoms with van der Waals surface area (Å²) in [5.41, 5.74) is 3.91. The van der Waals surface area contributed by atoms with E-state index in [-0.39, 0.29) is 6.61 Å². The molecule has 1 amide bonds. The fourth-order valence-corrected chi connectivity index (χ4v) is 3.29. The maximum absolute atomic E-state index is 12.2. The molecule has 0 unspecified atom stereocenters. The third-order valence-corrected chi connectivity index (χ3v) is 5.37. The van der Waals surface area contributed by atoms with Crippen molar-refractivity contribution in [2.45, 2.75) is 13.8 Å². The van der Waals surface area contributed by atoms with Crippen LogP contribution in [0.1, 0.15) is 27.7 Å². The van der Waals surface area contributed by atoms with E-state index >= 15 is 0 Å². The first kappa shape index (κ1) is 23.3. The molecule has 3 aromatic rings. The number of carbonyl (C=O) groups is 2. The normalized spacial score (nSPS) is 10.7. The van der Waals surface area contributed by atoms with Gasteiger partial charge in [-0.3, -0.25) is 4.79 Å². The minimum atomic E-state index is -0.453. The van der Waals surface area contributed by atoms with Gasteiger partial charge in [-0.15, -0.1) is 11.3 Å². The molecule has 0 spiro atoms. The Hall–Kier alpha value is -3.36. The maximum atomic E-state index is 12.2. The summed E-state index contributed by atoms with van der Waals surface area (Å²) < 4.78 is 16.4. The number of hydrogen-bond donors (Lipinski definition) is 1. The summed E-state index contributed by atoms with van der Waals surface area (Å²) in [6.45, 7) is 3.88. The van der Waals surface area contributed by atoms with Gasteiger partial charge in [0.1, 0.15) is 10.6 Å². The first-order valence-corrected chi connectivity index (χ1v) is 11.0. The van der Waals surface area contributed by atoms with Crippen LogP contribution in [-0.2, 0) is 4.79 Å². The molecule has 3 rings (SSSR count). The van der Waals surface area contributed by atoms with Gasteiger partial charge in [-0.1, -0.05) is 17.7 Å². The Morgan fingerprint density at radius 3 is 2.69 bits per heavy atom. The van der Waals surface area contributed by atoms with Crippen LogP contribution in [0.4, 0.5) is 0 Å². The lowest BCUT2D eigenvalue weighted by Crippen LogP contribution is -2.24. The van der Waals surface area contributed by atoms with Crippen molar-refractivity contribution in [2.24, 2.45) is 5.10 Å². The molecule has 0 radical (unpaired) electrons. The van der Waals surface area contributed by atoms with Gasteiger partial charge >= 0.3 is 5.97 Å². The minimum absolute atomic E-state index is 0.194. The van der Waals surface area contributed by atoms with Gasteiger partial charge in [-0.05, 0) is 72.8 Å². The molecule has 2 aromatic carbocycles. The number of hydrazone groups is 1. The van der Waals surface area contributed by atoms with Crippen LogP contribution in [0.2, 0.25) is 5.02 Å². The number of halogens is 1. The summed E-state index contributed by atoms with van der Waals surface area (Å²) in [5, 5.41) is 6.36. The molecule has 0 fully saturated rings. The van der Waals surface area contributed by atoms with Crippen LogP contribution < -0.4 is 19.6 Å². The zero-order valence-electron chi connectivity index (χ0n) is 17.5. The van der Waals surface area contributed by atoms with Gasteiger partial charge in [0.15, 0.2) is 18.1 Å². The van der Waals surface area contributed by atoms with Crippen molar-refractivity contribution in [3.63, 3.8) is 0 Å². The fraction of sp³-hybridized carbons (Fsp3) is 0.174. The number of thiophene rings is 1. The second-order valence-electron chi connectivity index (χ2n) is 6.50. The van der Waals surface area contributed by atoms with E-state index in [1.54, 1.807) is 53.9 Å². The Morgan fingerprint density at radius 1 is 1.12 bits per heavy atom. The molecule has 0 atom stereocenters. The van der Waals surface area contributed by atoms with Gasteiger partial charge in [-0.25, -0.2) is 10.2 Å². The van der Waals surface area contributed by atoms with Crippen LogP contribution >= 0.6 is 22.9 Å². The highest BCUT2D eigenvalue weighted by Gasteiger charge is 2.14. The smallest absolute Gasteiger partial charge is 0.353 e. The van der Waals surface area contributed by atoms with Gasteiger partial charge in [-0.2, -0.15) is 5.10 Å². The number of rotatable bonds is 9. The lowest BCUT2D eigenvalue weighted by Gasteiger charge is -2.11. The third-order valence-electron chi connectivity index (χ3n) is 4.09. The average Bonchev–Trinajstić information content (AvgIpc) is 3.32. The summed E-state index contributed by atoms with van der Waals surface area (Å²) in [5.74, 6) is 0.373. The molecule has 0 saturated carbocycles. The predicted octanol–water partition coefficient (Wildman–Crippen LogP) is 4.86. The number of esters is 1. The summed E-state index contributed by atoms with van der Waals surface area (Å²) in [6, 6.07) is 13.6. The molecule has 1 N–H and O–H groups in total. The van der Waals surface area contributed by atoms with Crippen LogP contribution in [0.5, 0.6) is 17.2 Å². The number of ether oxygens (including phenoxy) is 3. The van der Waals surface area contributed by atoms with E-state index in [4.69, 9.17) is 25.8 Å². The first-order valence-electron chi connectivity index (χ1n) is 9.69. The molecule has 166 valence electrons. The molecule has 9 heteroatoms. The van der Waals surface area contributed by atoms with E-state index in [1.165, 1.54) is 17.6 Å². The molecule has 0 bridgehead atoms. The van der Waals surface area contributed by atoms with Gasteiger partial charge in [0.2, 0.25) is 0 Å². The van der Waals surface area contributed by atoms with E-state index in [0.29, 0.717) is 39.3 Å².